The van der Waals surface area contributed by atoms with Crippen molar-refractivity contribution in [2.24, 2.45) is 0 Å². The van der Waals surface area contributed by atoms with Crippen molar-refractivity contribution in [3.05, 3.63) is 50.4 Å². The second-order valence-corrected chi connectivity index (χ2v) is 7.74. The van der Waals surface area contributed by atoms with Crippen LogP contribution in [0.3, 0.4) is 0 Å². The predicted molar refractivity (Wildman–Crippen MR) is 88.5 cm³/mol. The van der Waals surface area contributed by atoms with Crippen LogP contribution in [0.4, 0.5) is 11.4 Å². The fourth-order valence-electron chi connectivity index (χ4n) is 1.45. The molecule has 0 fully saturated rings. The Morgan fingerprint density at radius 3 is 2.35 bits per heavy atom. The molecule has 0 saturated heterocycles. The predicted octanol–water partition coefficient (Wildman–Crippen LogP) is 4.25. The van der Waals surface area contributed by atoms with E-state index in [1.165, 1.54) is 18.2 Å². The topological polar surface area (TPSA) is 72.2 Å². The van der Waals surface area contributed by atoms with Gasteiger partial charge in [-0.1, -0.05) is 11.6 Å². The Balaban J connectivity index is 2.38. The van der Waals surface area contributed by atoms with Crippen LogP contribution in [0.15, 0.2) is 50.2 Å². The summed E-state index contributed by atoms with van der Waals surface area (Å²) >= 11 is 12.3. The number of benzene rings is 2. The van der Waals surface area contributed by atoms with Crippen LogP contribution in [-0.2, 0) is 10.0 Å². The maximum Gasteiger partial charge on any atom is 0.261 e. The van der Waals surface area contributed by atoms with Crippen molar-refractivity contribution >= 4 is 64.9 Å². The van der Waals surface area contributed by atoms with E-state index in [4.69, 9.17) is 17.3 Å². The van der Waals surface area contributed by atoms with Gasteiger partial charge in [0.15, 0.2) is 0 Å². The van der Waals surface area contributed by atoms with E-state index in [2.05, 4.69) is 36.6 Å². The van der Waals surface area contributed by atoms with Gasteiger partial charge in [-0.15, -0.1) is 0 Å². The van der Waals surface area contributed by atoms with Gasteiger partial charge in [-0.2, -0.15) is 0 Å². The van der Waals surface area contributed by atoms with E-state index in [1.807, 2.05) is 0 Å². The summed E-state index contributed by atoms with van der Waals surface area (Å²) in [5.41, 5.74) is 6.52. The third-order valence-electron chi connectivity index (χ3n) is 2.46. The van der Waals surface area contributed by atoms with E-state index in [-0.39, 0.29) is 4.90 Å². The number of anilines is 2. The van der Waals surface area contributed by atoms with Crippen molar-refractivity contribution in [1.82, 2.24) is 0 Å². The fourth-order valence-corrected chi connectivity index (χ4v) is 4.00. The molecule has 0 heterocycles. The number of rotatable bonds is 3. The summed E-state index contributed by atoms with van der Waals surface area (Å²) in [7, 11) is -3.70. The van der Waals surface area contributed by atoms with Crippen LogP contribution < -0.4 is 10.5 Å². The molecule has 0 radical (unpaired) electrons. The summed E-state index contributed by atoms with van der Waals surface area (Å²) in [5.74, 6) is 0. The van der Waals surface area contributed by atoms with Crippen molar-refractivity contribution in [2.45, 2.75) is 4.90 Å². The van der Waals surface area contributed by atoms with E-state index in [9.17, 15) is 8.42 Å². The Bertz CT molecular complexity index is 766. The minimum absolute atomic E-state index is 0.112. The maximum absolute atomic E-state index is 12.3. The van der Waals surface area contributed by atoms with Gasteiger partial charge in [-0.25, -0.2) is 8.42 Å². The van der Waals surface area contributed by atoms with Gasteiger partial charge in [0.1, 0.15) is 0 Å². The van der Waals surface area contributed by atoms with Crippen LogP contribution >= 0.6 is 43.5 Å². The van der Waals surface area contributed by atoms with Crippen LogP contribution in [0, 0.1) is 0 Å². The number of nitrogen functional groups attached to an aromatic ring is 1. The molecule has 0 unspecified atom stereocenters. The summed E-state index contributed by atoms with van der Waals surface area (Å²) in [5, 5.41) is 0.509. The molecule has 2 aromatic carbocycles. The summed E-state index contributed by atoms with van der Waals surface area (Å²) in [6.07, 6.45) is 0. The highest BCUT2D eigenvalue weighted by atomic mass is 79.9. The first-order valence-corrected chi connectivity index (χ1v) is 8.77. The number of hydrogen-bond donors (Lipinski definition) is 2. The van der Waals surface area contributed by atoms with Crippen LogP contribution in [0.5, 0.6) is 0 Å². The SMILES string of the molecule is Nc1ccc(S(=O)(=O)Nc2ccc(Cl)cc2Br)cc1Br. The molecule has 0 aromatic heterocycles. The smallest absolute Gasteiger partial charge is 0.261 e. The number of halogens is 3. The van der Waals surface area contributed by atoms with E-state index >= 15 is 0 Å². The molecule has 2 rings (SSSR count). The van der Waals surface area contributed by atoms with E-state index < -0.39 is 10.0 Å². The molecule has 4 nitrogen and oxygen atoms in total. The number of hydrogen-bond acceptors (Lipinski definition) is 3. The molecule has 0 spiro atoms. The first-order chi connectivity index (χ1) is 9.29. The van der Waals surface area contributed by atoms with Crippen LogP contribution in [0.25, 0.3) is 0 Å². The minimum atomic E-state index is -3.70. The number of nitrogens with two attached hydrogens (primary N) is 1. The largest absolute Gasteiger partial charge is 0.398 e. The van der Waals surface area contributed by atoms with Crippen molar-refractivity contribution in [2.75, 3.05) is 10.5 Å². The van der Waals surface area contributed by atoms with Gasteiger partial charge >= 0.3 is 0 Å². The van der Waals surface area contributed by atoms with Crippen molar-refractivity contribution < 1.29 is 8.42 Å². The third kappa shape index (κ3) is 3.46. The van der Waals surface area contributed by atoms with Crippen molar-refractivity contribution in [3.8, 4) is 0 Å². The molecule has 0 atom stereocenters. The zero-order chi connectivity index (χ0) is 14.9. The second kappa shape index (κ2) is 5.93. The number of nitrogens with one attached hydrogen (secondary N) is 1. The van der Waals surface area contributed by atoms with Gasteiger partial charge in [0, 0.05) is 19.7 Å². The molecule has 2 aromatic rings. The van der Waals surface area contributed by atoms with Gasteiger partial charge in [0.2, 0.25) is 0 Å². The molecule has 0 aliphatic heterocycles. The maximum atomic E-state index is 12.3. The quantitative estimate of drug-likeness (QED) is 0.701. The van der Waals surface area contributed by atoms with Gasteiger partial charge < -0.3 is 5.73 Å². The molecule has 0 amide bonds. The van der Waals surface area contributed by atoms with Crippen LogP contribution in [0.1, 0.15) is 0 Å². The summed E-state index contributed by atoms with van der Waals surface area (Å²) in [6, 6.07) is 9.20. The lowest BCUT2D eigenvalue weighted by molar-refractivity contribution is 0.601. The average Bonchev–Trinajstić information content (AvgIpc) is 2.36. The Hall–Kier alpha value is -0.760. The molecule has 20 heavy (non-hydrogen) atoms. The molecule has 8 heteroatoms. The molecule has 0 bridgehead atoms. The van der Waals surface area contributed by atoms with Crippen molar-refractivity contribution in [3.63, 3.8) is 0 Å². The first-order valence-electron chi connectivity index (χ1n) is 5.32. The normalized spacial score (nSPS) is 11.3. The number of sulfonamides is 1. The van der Waals surface area contributed by atoms with Gasteiger partial charge in [0.25, 0.3) is 10.0 Å². The monoisotopic (exact) mass is 438 g/mol. The summed E-state index contributed by atoms with van der Waals surface area (Å²) < 4.78 is 28.1. The van der Waals surface area contributed by atoms with E-state index in [0.717, 1.165) is 0 Å². The molecule has 106 valence electrons. The van der Waals surface area contributed by atoms with Crippen LogP contribution in [-0.4, -0.2) is 8.42 Å². The second-order valence-electron chi connectivity index (χ2n) is 3.91. The highest BCUT2D eigenvalue weighted by molar-refractivity contribution is 9.11. The third-order valence-corrected chi connectivity index (χ3v) is 5.40. The Morgan fingerprint density at radius 1 is 1.05 bits per heavy atom. The first kappa shape index (κ1) is 15.6. The summed E-state index contributed by atoms with van der Waals surface area (Å²) in [4.78, 5) is 0.112. The lowest BCUT2D eigenvalue weighted by Crippen LogP contribution is -2.13. The molecule has 0 aliphatic carbocycles. The molecular formula is C12H9Br2ClN2O2S. The lowest BCUT2D eigenvalue weighted by Gasteiger charge is -2.11. The van der Waals surface area contributed by atoms with E-state index in [0.29, 0.717) is 25.3 Å². The zero-order valence-electron chi connectivity index (χ0n) is 9.90. The van der Waals surface area contributed by atoms with Gasteiger partial charge in [0.05, 0.1) is 10.6 Å². The lowest BCUT2D eigenvalue weighted by atomic mass is 10.3. The van der Waals surface area contributed by atoms with Crippen LogP contribution in [0.2, 0.25) is 5.02 Å². The molecular weight excluding hydrogens is 431 g/mol. The fraction of sp³-hybridized carbons (Fsp3) is 0. The zero-order valence-corrected chi connectivity index (χ0v) is 14.6. The Labute approximate surface area is 138 Å². The van der Waals surface area contributed by atoms with E-state index in [1.54, 1.807) is 18.2 Å². The Morgan fingerprint density at radius 2 is 1.75 bits per heavy atom. The average molecular weight is 441 g/mol. The highest BCUT2D eigenvalue weighted by Gasteiger charge is 2.16. The Kier molecular flexibility index (Phi) is 4.63. The highest BCUT2D eigenvalue weighted by Crippen LogP contribution is 2.29. The van der Waals surface area contributed by atoms with Crippen molar-refractivity contribution in [1.29, 1.82) is 0 Å². The summed E-state index contributed by atoms with van der Waals surface area (Å²) in [6.45, 7) is 0. The van der Waals surface area contributed by atoms with Gasteiger partial charge in [-0.3, -0.25) is 4.72 Å². The molecule has 3 N–H and O–H groups in total. The molecule has 0 saturated carbocycles. The van der Waals surface area contributed by atoms with Gasteiger partial charge in [-0.05, 0) is 68.3 Å². The minimum Gasteiger partial charge on any atom is -0.398 e. The molecule has 0 aliphatic rings. The standard InChI is InChI=1S/C12H9Br2ClN2O2S/c13-9-6-8(2-3-11(9)16)20(18,19)17-12-4-1-7(15)5-10(12)14/h1-6,17H,16H2.